The minimum Gasteiger partial charge on any atom is -0.481 e. The SMILES string of the molecule is CC(NC(=O)CNC(=O)C(CCCC(=O)O)N1C(=O)C=CC1=O)C(=O)NCOC(C)C(N)=O. The number of hydrogen-bond donors (Lipinski definition) is 5. The van der Waals surface area contributed by atoms with E-state index < -0.39 is 66.1 Å². The van der Waals surface area contributed by atoms with E-state index in [0.29, 0.717) is 4.90 Å². The molecular weight excluding hydrogens is 442 g/mol. The van der Waals surface area contributed by atoms with Gasteiger partial charge < -0.3 is 31.5 Å². The largest absolute Gasteiger partial charge is 0.481 e. The van der Waals surface area contributed by atoms with E-state index in [9.17, 15) is 33.6 Å². The van der Waals surface area contributed by atoms with Crippen molar-refractivity contribution in [1.29, 1.82) is 0 Å². The Morgan fingerprint density at radius 2 is 1.67 bits per heavy atom. The monoisotopic (exact) mass is 469 g/mol. The fourth-order valence-electron chi connectivity index (χ4n) is 2.66. The van der Waals surface area contributed by atoms with Crippen molar-refractivity contribution in [2.24, 2.45) is 5.73 Å². The van der Waals surface area contributed by atoms with Crippen LogP contribution in [0, 0.1) is 0 Å². The second kappa shape index (κ2) is 12.9. The summed E-state index contributed by atoms with van der Waals surface area (Å²) in [5.41, 5.74) is 5.01. The second-order valence-corrected chi connectivity index (χ2v) is 7.09. The average molecular weight is 469 g/mol. The van der Waals surface area contributed by atoms with Gasteiger partial charge >= 0.3 is 5.97 Å². The van der Waals surface area contributed by atoms with E-state index in [1.54, 1.807) is 0 Å². The Labute approximate surface area is 188 Å². The molecule has 0 aromatic rings. The molecule has 0 aliphatic carbocycles. The van der Waals surface area contributed by atoms with Gasteiger partial charge in [-0.3, -0.25) is 38.5 Å². The summed E-state index contributed by atoms with van der Waals surface area (Å²) in [5, 5.41) is 15.7. The Kier molecular flexibility index (Phi) is 10.6. The molecule has 6 amide bonds. The molecule has 0 saturated heterocycles. The summed E-state index contributed by atoms with van der Waals surface area (Å²) in [7, 11) is 0. The maximum Gasteiger partial charge on any atom is 0.303 e. The van der Waals surface area contributed by atoms with Crippen LogP contribution in [-0.2, 0) is 38.3 Å². The van der Waals surface area contributed by atoms with Gasteiger partial charge in [-0.2, -0.15) is 0 Å². The normalized spacial score (nSPS) is 15.5. The van der Waals surface area contributed by atoms with E-state index in [2.05, 4.69) is 16.0 Å². The lowest BCUT2D eigenvalue weighted by Gasteiger charge is -2.25. The van der Waals surface area contributed by atoms with Gasteiger partial charge in [0, 0.05) is 18.6 Å². The summed E-state index contributed by atoms with van der Waals surface area (Å²) in [6.07, 6.45) is 0.689. The molecular formula is C19H27N5O9. The van der Waals surface area contributed by atoms with Gasteiger partial charge in [-0.15, -0.1) is 0 Å². The van der Waals surface area contributed by atoms with Crippen LogP contribution < -0.4 is 21.7 Å². The van der Waals surface area contributed by atoms with Gasteiger partial charge in [0.15, 0.2) is 0 Å². The Bertz CT molecular complexity index is 824. The van der Waals surface area contributed by atoms with Crippen LogP contribution in [0.3, 0.4) is 0 Å². The number of amides is 6. The Balaban J connectivity index is 2.56. The van der Waals surface area contributed by atoms with E-state index >= 15 is 0 Å². The standard InChI is InChI=1S/C19H27N5O9/c1-10(18(31)22-9-33-11(2)17(20)30)23-13(25)8-21-19(32)12(4-3-5-16(28)29)24-14(26)6-7-15(24)27/h6-7,10-12H,3-5,8-9H2,1-2H3,(H2,20,30)(H,21,32)(H,22,31)(H,23,25)(H,28,29). The first-order valence-electron chi connectivity index (χ1n) is 9.96. The first kappa shape index (κ1) is 27.2. The molecule has 0 saturated carbocycles. The van der Waals surface area contributed by atoms with Gasteiger partial charge in [0.2, 0.25) is 23.6 Å². The van der Waals surface area contributed by atoms with Crippen LogP contribution in [0.5, 0.6) is 0 Å². The molecule has 0 aromatic carbocycles. The van der Waals surface area contributed by atoms with Crippen LogP contribution >= 0.6 is 0 Å². The van der Waals surface area contributed by atoms with Crippen molar-refractivity contribution >= 4 is 41.4 Å². The Hall–Kier alpha value is -3.81. The fraction of sp³-hybridized carbons (Fsp3) is 0.526. The van der Waals surface area contributed by atoms with Crippen LogP contribution in [0.2, 0.25) is 0 Å². The first-order chi connectivity index (χ1) is 15.4. The molecule has 33 heavy (non-hydrogen) atoms. The lowest BCUT2D eigenvalue weighted by Crippen LogP contribution is -2.53. The zero-order valence-electron chi connectivity index (χ0n) is 18.2. The van der Waals surface area contributed by atoms with Gasteiger partial charge in [0.25, 0.3) is 11.8 Å². The van der Waals surface area contributed by atoms with Crippen molar-refractivity contribution in [2.75, 3.05) is 13.3 Å². The minimum atomic E-state index is -1.29. The number of carboxylic acids is 1. The predicted octanol–water partition coefficient (Wildman–Crippen LogP) is -2.88. The van der Waals surface area contributed by atoms with Gasteiger partial charge in [0.1, 0.15) is 24.9 Å². The second-order valence-electron chi connectivity index (χ2n) is 7.09. The minimum absolute atomic E-state index is 0.0182. The number of ether oxygens (including phenoxy) is 1. The van der Waals surface area contributed by atoms with Crippen LogP contribution in [0.15, 0.2) is 12.2 Å². The van der Waals surface area contributed by atoms with E-state index in [1.807, 2.05) is 0 Å². The average Bonchev–Trinajstić information content (AvgIpc) is 3.06. The van der Waals surface area contributed by atoms with Crippen molar-refractivity contribution in [3.8, 4) is 0 Å². The summed E-state index contributed by atoms with van der Waals surface area (Å²) in [6, 6.07) is -2.31. The maximum absolute atomic E-state index is 12.5. The Morgan fingerprint density at radius 1 is 1.06 bits per heavy atom. The maximum atomic E-state index is 12.5. The van der Waals surface area contributed by atoms with Crippen LogP contribution in [0.4, 0.5) is 0 Å². The van der Waals surface area contributed by atoms with Gasteiger partial charge in [-0.25, -0.2) is 0 Å². The van der Waals surface area contributed by atoms with Crippen molar-refractivity contribution in [3.05, 3.63) is 12.2 Å². The number of nitrogens with zero attached hydrogens (tertiary/aromatic N) is 1. The van der Waals surface area contributed by atoms with Crippen molar-refractivity contribution in [3.63, 3.8) is 0 Å². The summed E-state index contributed by atoms with van der Waals surface area (Å²) in [4.78, 5) is 82.7. The smallest absolute Gasteiger partial charge is 0.303 e. The third-order valence-electron chi connectivity index (χ3n) is 4.50. The third kappa shape index (κ3) is 9.06. The van der Waals surface area contributed by atoms with Gasteiger partial charge in [-0.05, 0) is 26.7 Å². The van der Waals surface area contributed by atoms with Crippen LogP contribution in [0.25, 0.3) is 0 Å². The number of primary amides is 1. The molecule has 3 unspecified atom stereocenters. The van der Waals surface area contributed by atoms with E-state index in [0.717, 1.165) is 12.2 Å². The molecule has 0 fully saturated rings. The molecule has 14 nitrogen and oxygen atoms in total. The number of carbonyl (C=O) groups excluding carboxylic acids is 6. The highest BCUT2D eigenvalue weighted by Crippen LogP contribution is 2.15. The summed E-state index contributed by atoms with van der Waals surface area (Å²) in [5.74, 6) is -5.46. The van der Waals surface area contributed by atoms with Crippen LogP contribution in [-0.4, -0.2) is 82.9 Å². The summed E-state index contributed by atoms with van der Waals surface area (Å²) < 4.78 is 4.97. The molecule has 14 heteroatoms. The van der Waals surface area contributed by atoms with E-state index in [4.69, 9.17) is 15.6 Å². The zero-order chi connectivity index (χ0) is 25.1. The van der Waals surface area contributed by atoms with E-state index in [1.165, 1.54) is 13.8 Å². The zero-order valence-corrected chi connectivity index (χ0v) is 18.2. The molecule has 182 valence electrons. The molecule has 6 N–H and O–H groups in total. The van der Waals surface area contributed by atoms with E-state index in [-0.39, 0.29) is 26.0 Å². The molecule has 1 rings (SSSR count). The molecule has 1 aliphatic heterocycles. The highest BCUT2D eigenvalue weighted by molar-refractivity contribution is 6.15. The predicted molar refractivity (Wildman–Crippen MR) is 110 cm³/mol. The van der Waals surface area contributed by atoms with Crippen LogP contribution in [0.1, 0.15) is 33.1 Å². The number of aliphatic carboxylic acids is 1. The number of imide groups is 1. The van der Waals surface area contributed by atoms with Crippen molar-refractivity contribution in [2.45, 2.75) is 51.3 Å². The van der Waals surface area contributed by atoms with Crippen molar-refractivity contribution < 1.29 is 43.4 Å². The lowest BCUT2D eigenvalue weighted by molar-refractivity contribution is -0.146. The lowest BCUT2D eigenvalue weighted by atomic mass is 10.1. The molecule has 0 bridgehead atoms. The first-order valence-corrected chi connectivity index (χ1v) is 9.96. The third-order valence-corrected chi connectivity index (χ3v) is 4.50. The fourth-order valence-corrected chi connectivity index (χ4v) is 2.66. The highest BCUT2D eigenvalue weighted by atomic mass is 16.5. The molecule has 1 heterocycles. The van der Waals surface area contributed by atoms with Crippen molar-refractivity contribution in [1.82, 2.24) is 20.9 Å². The summed E-state index contributed by atoms with van der Waals surface area (Å²) >= 11 is 0. The Morgan fingerprint density at radius 3 is 2.21 bits per heavy atom. The number of hydrogen-bond acceptors (Lipinski definition) is 8. The molecule has 1 aliphatic rings. The number of nitrogens with two attached hydrogens (primary N) is 1. The quantitative estimate of drug-likeness (QED) is 0.130. The molecule has 0 aromatic heterocycles. The van der Waals surface area contributed by atoms with Gasteiger partial charge in [0.05, 0.1) is 6.54 Å². The van der Waals surface area contributed by atoms with Gasteiger partial charge in [-0.1, -0.05) is 0 Å². The number of rotatable bonds is 14. The highest BCUT2D eigenvalue weighted by Gasteiger charge is 2.35. The number of carboxylic acid groups (broad SMARTS) is 1. The number of nitrogens with one attached hydrogen (secondary N) is 3. The number of carbonyl (C=O) groups is 7. The topological polar surface area (TPSA) is 214 Å². The molecule has 0 spiro atoms. The summed E-state index contributed by atoms with van der Waals surface area (Å²) in [6.45, 7) is 1.89. The molecule has 0 radical (unpaired) electrons. The molecule has 3 atom stereocenters.